The van der Waals surface area contributed by atoms with Crippen LogP contribution >= 0.6 is 0 Å². The van der Waals surface area contributed by atoms with Crippen LogP contribution in [0.5, 0.6) is 0 Å². The molecule has 1 saturated heterocycles. The van der Waals surface area contributed by atoms with Crippen LogP contribution in [0.4, 0.5) is 4.79 Å². The SMILES string of the molecule is CC(C)(C)OC(=O)N1CCN(/C(C#N)=C\c2ccccc2)CC1. The van der Waals surface area contributed by atoms with Crippen LogP contribution in [0.25, 0.3) is 6.08 Å². The predicted octanol–water partition coefficient (Wildman–Crippen LogP) is 3.10. The van der Waals surface area contributed by atoms with Gasteiger partial charge in [0.05, 0.1) is 0 Å². The Bertz CT molecular complexity index is 603. The molecule has 1 aliphatic heterocycles. The molecule has 1 heterocycles. The lowest BCUT2D eigenvalue weighted by Gasteiger charge is -2.36. The summed E-state index contributed by atoms with van der Waals surface area (Å²) in [5, 5.41) is 9.40. The summed E-state index contributed by atoms with van der Waals surface area (Å²) in [6.45, 7) is 7.95. The third kappa shape index (κ3) is 5.03. The fourth-order valence-electron chi connectivity index (χ4n) is 2.36. The lowest BCUT2D eigenvalue weighted by Crippen LogP contribution is -2.49. The molecule has 0 saturated carbocycles. The predicted molar refractivity (Wildman–Crippen MR) is 89.4 cm³/mol. The number of amides is 1. The number of benzene rings is 1. The molecule has 0 unspecified atom stereocenters. The quantitative estimate of drug-likeness (QED) is 0.787. The van der Waals surface area contributed by atoms with Gasteiger partial charge in [-0.05, 0) is 32.4 Å². The highest BCUT2D eigenvalue weighted by Crippen LogP contribution is 2.16. The van der Waals surface area contributed by atoms with Gasteiger partial charge in [-0.3, -0.25) is 0 Å². The zero-order chi connectivity index (χ0) is 16.9. The average Bonchev–Trinajstić information content (AvgIpc) is 2.52. The largest absolute Gasteiger partial charge is 0.444 e. The number of hydrogen-bond acceptors (Lipinski definition) is 4. The van der Waals surface area contributed by atoms with Crippen molar-refractivity contribution < 1.29 is 9.53 Å². The minimum Gasteiger partial charge on any atom is -0.444 e. The highest BCUT2D eigenvalue weighted by atomic mass is 16.6. The Morgan fingerprint density at radius 1 is 1.13 bits per heavy atom. The number of hydrogen-bond donors (Lipinski definition) is 0. The third-order valence-corrected chi connectivity index (χ3v) is 3.49. The first-order valence-electron chi connectivity index (χ1n) is 7.79. The Kier molecular flexibility index (Phi) is 5.28. The molecule has 0 atom stereocenters. The molecule has 0 N–H and O–H groups in total. The molecule has 0 bridgehead atoms. The summed E-state index contributed by atoms with van der Waals surface area (Å²) in [7, 11) is 0. The van der Waals surface area contributed by atoms with Gasteiger partial charge >= 0.3 is 6.09 Å². The van der Waals surface area contributed by atoms with Crippen molar-refractivity contribution in [3.05, 3.63) is 41.6 Å². The summed E-state index contributed by atoms with van der Waals surface area (Å²) in [6.07, 6.45) is 1.59. The van der Waals surface area contributed by atoms with Crippen molar-refractivity contribution in [2.45, 2.75) is 26.4 Å². The Balaban J connectivity index is 1.97. The summed E-state index contributed by atoms with van der Waals surface area (Å²) in [4.78, 5) is 15.8. The standard InChI is InChI=1S/C18H23N3O2/c1-18(2,3)23-17(22)21-11-9-20(10-12-21)16(14-19)13-15-7-5-4-6-8-15/h4-8,13H,9-12H2,1-3H3/b16-13-. The van der Waals surface area contributed by atoms with Gasteiger partial charge in [-0.25, -0.2) is 4.79 Å². The summed E-state index contributed by atoms with van der Waals surface area (Å²) in [5.41, 5.74) is 1.14. The second kappa shape index (κ2) is 7.19. The van der Waals surface area contributed by atoms with Crippen LogP contribution in [-0.4, -0.2) is 47.7 Å². The highest BCUT2D eigenvalue weighted by Gasteiger charge is 2.26. The Morgan fingerprint density at radius 3 is 2.22 bits per heavy atom. The number of allylic oxidation sites excluding steroid dienone is 1. The molecular formula is C18H23N3O2. The Morgan fingerprint density at radius 2 is 1.70 bits per heavy atom. The van der Waals surface area contributed by atoms with Gasteiger partial charge in [-0.15, -0.1) is 0 Å². The summed E-state index contributed by atoms with van der Waals surface area (Å²) < 4.78 is 5.38. The minimum atomic E-state index is -0.487. The summed E-state index contributed by atoms with van der Waals surface area (Å²) >= 11 is 0. The molecule has 0 aromatic heterocycles. The van der Waals surface area contributed by atoms with Crippen molar-refractivity contribution in [3.8, 4) is 6.07 Å². The third-order valence-electron chi connectivity index (χ3n) is 3.49. The highest BCUT2D eigenvalue weighted by molar-refractivity contribution is 5.68. The number of nitrogens with zero attached hydrogens (tertiary/aromatic N) is 3. The van der Waals surface area contributed by atoms with E-state index in [1.807, 2.05) is 62.1 Å². The van der Waals surface area contributed by atoms with Crippen molar-refractivity contribution in [2.24, 2.45) is 0 Å². The van der Waals surface area contributed by atoms with E-state index >= 15 is 0 Å². The van der Waals surface area contributed by atoms with Gasteiger partial charge in [0.2, 0.25) is 0 Å². The number of ether oxygens (including phenoxy) is 1. The van der Waals surface area contributed by atoms with Gasteiger partial charge in [0, 0.05) is 26.2 Å². The molecule has 0 radical (unpaired) electrons. The Hall–Kier alpha value is -2.48. The van der Waals surface area contributed by atoms with Crippen LogP contribution in [0.1, 0.15) is 26.3 Å². The number of carbonyl (C=O) groups is 1. The molecule has 0 aliphatic carbocycles. The normalized spacial score (nSPS) is 16.0. The first kappa shape index (κ1) is 16.9. The molecule has 1 aromatic rings. The zero-order valence-electron chi connectivity index (χ0n) is 14.0. The molecular weight excluding hydrogens is 290 g/mol. The topological polar surface area (TPSA) is 56.6 Å². The van der Waals surface area contributed by atoms with Crippen LogP contribution in [0.3, 0.4) is 0 Å². The molecule has 122 valence electrons. The summed E-state index contributed by atoms with van der Waals surface area (Å²) in [6, 6.07) is 12.0. The van der Waals surface area contributed by atoms with Crippen LogP contribution in [-0.2, 0) is 4.74 Å². The molecule has 5 heteroatoms. The molecule has 1 amide bonds. The van der Waals surface area contributed by atoms with Crippen molar-refractivity contribution in [2.75, 3.05) is 26.2 Å². The number of carbonyl (C=O) groups excluding carboxylic acids is 1. The average molecular weight is 313 g/mol. The minimum absolute atomic E-state index is 0.289. The first-order valence-corrected chi connectivity index (χ1v) is 7.79. The first-order chi connectivity index (χ1) is 10.9. The van der Waals surface area contributed by atoms with E-state index in [9.17, 15) is 10.1 Å². The molecule has 1 aliphatic rings. The fourth-order valence-corrected chi connectivity index (χ4v) is 2.36. The van der Waals surface area contributed by atoms with Crippen molar-refractivity contribution >= 4 is 12.2 Å². The molecule has 2 rings (SSSR count). The number of piperazine rings is 1. The van der Waals surface area contributed by atoms with E-state index in [0.717, 1.165) is 5.56 Å². The van der Waals surface area contributed by atoms with Crippen molar-refractivity contribution in [1.82, 2.24) is 9.80 Å². The zero-order valence-corrected chi connectivity index (χ0v) is 14.0. The van der Waals surface area contributed by atoms with Crippen molar-refractivity contribution in [1.29, 1.82) is 5.26 Å². The maximum atomic E-state index is 12.1. The smallest absolute Gasteiger partial charge is 0.410 e. The maximum absolute atomic E-state index is 12.1. The van der Waals surface area contributed by atoms with Crippen LogP contribution in [0.15, 0.2) is 36.0 Å². The Labute approximate surface area is 137 Å². The van der Waals surface area contributed by atoms with E-state index < -0.39 is 5.60 Å². The van der Waals surface area contributed by atoms with Gasteiger partial charge in [-0.2, -0.15) is 5.26 Å². The number of nitriles is 1. The molecule has 0 spiro atoms. The van der Waals surface area contributed by atoms with Gasteiger partial charge in [0.1, 0.15) is 17.4 Å². The maximum Gasteiger partial charge on any atom is 0.410 e. The fraction of sp³-hybridized carbons (Fsp3) is 0.444. The number of rotatable bonds is 2. The van der Waals surface area contributed by atoms with Crippen LogP contribution < -0.4 is 0 Å². The van der Waals surface area contributed by atoms with E-state index in [1.54, 1.807) is 4.90 Å². The molecule has 5 nitrogen and oxygen atoms in total. The molecule has 1 fully saturated rings. The lowest BCUT2D eigenvalue weighted by atomic mass is 10.2. The lowest BCUT2D eigenvalue weighted by molar-refractivity contribution is 0.0172. The van der Waals surface area contributed by atoms with Crippen molar-refractivity contribution in [3.63, 3.8) is 0 Å². The van der Waals surface area contributed by atoms with E-state index in [1.165, 1.54) is 0 Å². The van der Waals surface area contributed by atoms with Crippen LogP contribution in [0.2, 0.25) is 0 Å². The van der Waals surface area contributed by atoms with E-state index in [2.05, 4.69) is 6.07 Å². The van der Waals surface area contributed by atoms with E-state index in [-0.39, 0.29) is 6.09 Å². The molecule has 1 aromatic carbocycles. The monoisotopic (exact) mass is 313 g/mol. The van der Waals surface area contributed by atoms with Gasteiger partial charge in [-0.1, -0.05) is 30.3 Å². The van der Waals surface area contributed by atoms with Gasteiger partial charge in [0.15, 0.2) is 0 Å². The van der Waals surface area contributed by atoms with E-state index in [4.69, 9.17) is 4.74 Å². The second-order valence-electron chi connectivity index (χ2n) is 6.51. The van der Waals surface area contributed by atoms with E-state index in [0.29, 0.717) is 31.9 Å². The van der Waals surface area contributed by atoms with Gasteiger partial charge in [0.25, 0.3) is 0 Å². The summed E-state index contributed by atoms with van der Waals surface area (Å²) in [5.74, 6) is 0. The molecule has 23 heavy (non-hydrogen) atoms. The second-order valence-corrected chi connectivity index (χ2v) is 6.51. The van der Waals surface area contributed by atoms with Gasteiger partial charge < -0.3 is 14.5 Å². The van der Waals surface area contributed by atoms with Crippen LogP contribution in [0, 0.1) is 11.3 Å².